The van der Waals surface area contributed by atoms with Crippen LogP contribution in [0.5, 0.6) is 5.75 Å². The van der Waals surface area contributed by atoms with Crippen molar-refractivity contribution in [1.29, 1.82) is 0 Å². The van der Waals surface area contributed by atoms with Crippen molar-refractivity contribution >= 4 is 5.91 Å². The van der Waals surface area contributed by atoms with E-state index >= 15 is 0 Å². The fourth-order valence-corrected chi connectivity index (χ4v) is 1.44. The summed E-state index contributed by atoms with van der Waals surface area (Å²) < 4.78 is 0. The van der Waals surface area contributed by atoms with Crippen molar-refractivity contribution in [2.75, 3.05) is 6.54 Å². The number of para-hydroxylation sites is 1. The lowest BCUT2D eigenvalue weighted by Gasteiger charge is -2.10. The summed E-state index contributed by atoms with van der Waals surface area (Å²) in [5.74, 6) is -0.155. The zero-order chi connectivity index (χ0) is 10.9. The summed E-state index contributed by atoms with van der Waals surface area (Å²) in [6, 6.07) is 6.59. The molecule has 2 rings (SSSR count). The van der Waals surface area contributed by atoms with Crippen molar-refractivity contribution in [3.05, 3.63) is 29.8 Å². The summed E-state index contributed by atoms with van der Waals surface area (Å²) in [6.45, 7) is 2.85. The molecule has 15 heavy (non-hydrogen) atoms. The van der Waals surface area contributed by atoms with Gasteiger partial charge in [0.15, 0.2) is 0 Å². The zero-order valence-electron chi connectivity index (χ0n) is 8.79. The van der Waals surface area contributed by atoms with Gasteiger partial charge < -0.3 is 10.4 Å². The van der Waals surface area contributed by atoms with Crippen LogP contribution in [0.4, 0.5) is 0 Å². The topological polar surface area (TPSA) is 49.3 Å². The van der Waals surface area contributed by atoms with Crippen molar-refractivity contribution in [3.63, 3.8) is 0 Å². The molecule has 2 N–H and O–H groups in total. The molecule has 1 aromatic carbocycles. The number of phenols is 1. The Labute approximate surface area is 89.1 Å². The Morgan fingerprint density at radius 2 is 2.13 bits per heavy atom. The number of carbonyl (C=O) groups is 1. The van der Waals surface area contributed by atoms with Gasteiger partial charge in [-0.3, -0.25) is 4.79 Å². The van der Waals surface area contributed by atoms with Crippen molar-refractivity contribution < 1.29 is 9.90 Å². The number of carbonyl (C=O) groups excluding carboxylic acids is 1. The normalized spacial score (nSPS) is 17.1. The Kier molecular flexibility index (Phi) is 2.39. The van der Waals surface area contributed by atoms with Gasteiger partial charge in [-0.25, -0.2) is 0 Å². The first kappa shape index (κ1) is 10.0. The van der Waals surface area contributed by atoms with Crippen LogP contribution in [0.15, 0.2) is 24.3 Å². The average molecular weight is 205 g/mol. The van der Waals surface area contributed by atoms with Crippen LogP contribution < -0.4 is 5.32 Å². The van der Waals surface area contributed by atoms with E-state index in [2.05, 4.69) is 12.2 Å². The molecular formula is C12H15NO2. The van der Waals surface area contributed by atoms with Crippen molar-refractivity contribution in [3.8, 4) is 5.75 Å². The molecule has 0 spiro atoms. The maximum atomic E-state index is 11.7. The lowest BCUT2D eigenvalue weighted by atomic mass is 10.1. The van der Waals surface area contributed by atoms with Crippen LogP contribution in [-0.2, 0) is 0 Å². The van der Waals surface area contributed by atoms with E-state index in [1.807, 2.05) is 0 Å². The molecule has 1 saturated carbocycles. The highest BCUT2D eigenvalue weighted by molar-refractivity contribution is 5.96. The predicted octanol–water partition coefficient (Wildman–Crippen LogP) is 1.92. The molecule has 0 aliphatic heterocycles. The molecule has 0 bridgehead atoms. The Balaban J connectivity index is 1.99. The second kappa shape index (κ2) is 3.57. The van der Waals surface area contributed by atoms with E-state index in [1.54, 1.807) is 18.2 Å². The minimum absolute atomic E-state index is 0.0379. The smallest absolute Gasteiger partial charge is 0.255 e. The van der Waals surface area contributed by atoms with Gasteiger partial charge in [-0.1, -0.05) is 19.1 Å². The number of aromatic hydroxyl groups is 1. The van der Waals surface area contributed by atoms with E-state index in [9.17, 15) is 9.90 Å². The van der Waals surface area contributed by atoms with Gasteiger partial charge in [0.1, 0.15) is 5.75 Å². The molecule has 0 atom stereocenters. The molecular weight excluding hydrogens is 190 g/mol. The lowest BCUT2D eigenvalue weighted by Crippen LogP contribution is -2.28. The van der Waals surface area contributed by atoms with Gasteiger partial charge in [0.25, 0.3) is 5.91 Å². The molecule has 1 aliphatic carbocycles. The first-order valence-corrected chi connectivity index (χ1v) is 5.17. The second-order valence-corrected chi connectivity index (χ2v) is 4.51. The molecule has 1 fully saturated rings. The van der Waals surface area contributed by atoms with Gasteiger partial charge in [-0.15, -0.1) is 0 Å². The number of amides is 1. The maximum Gasteiger partial charge on any atom is 0.255 e. The molecule has 3 heteroatoms. The molecule has 1 aliphatic rings. The summed E-state index contributed by atoms with van der Waals surface area (Å²) >= 11 is 0. The van der Waals surface area contributed by atoms with E-state index in [0.29, 0.717) is 17.5 Å². The van der Waals surface area contributed by atoms with Gasteiger partial charge in [0, 0.05) is 6.54 Å². The van der Waals surface area contributed by atoms with Gasteiger partial charge >= 0.3 is 0 Å². The fourth-order valence-electron chi connectivity index (χ4n) is 1.44. The minimum Gasteiger partial charge on any atom is -0.507 e. The quantitative estimate of drug-likeness (QED) is 0.792. The van der Waals surface area contributed by atoms with Crippen LogP contribution in [0.2, 0.25) is 0 Å². The highest BCUT2D eigenvalue weighted by Gasteiger charge is 2.37. The standard InChI is InChI=1S/C12H15NO2/c1-12(6-7-12)8-13-11(15)9-4-2-3-5-10(9)14/h2-5,14H,6-8H2,1H3,(H,13,15). The molecule has 0 unspecified atom stereocenters. The van der Waals surface area contributed by atoms with Crippen LogP contribution in [0.25, 0.3) is 0 Å². The van der Waals surface area contributed by atoms with Crippen molar-refractivity contribution in [2.24, 2.45) is 5.41 Å². The number of phenolic OH excluding ortho intramolecular Hbond substituents is 1. The number of nitrogens with one attached hydrogen (secondary N) is 1. The Morgan fingerprint density at radius 1 is 1.47 bits per heavy atom. The van der Waals surface area contributed by atoms with Gasteiger partial charge in [0.05, 0.1) is 5.56 Å². The van der Waals surface area contributed by atoms with Crippen LogP contribution in [0.3, 0.4) is 0 Å². The predicted molar refractivity (Wildman–Crippen MR) is 57.8 cm³/mol. The highest BCUT2D eigenvalue weighted by Crippen LogP contribution is 2.44. The molecule has 0 radical (unpaired) electrons. The largest absolute Gasteiger partial charge is 0.507 e. The fraction of sp³-hybridized carbons (Fsp3) is 0.417. The van der Waals surface area contributed by atoms with Crippen molar-refractivity contribution in [2.45, 2.75) is 19.8 Å². The van der Waals surface area contributed by atoms with E-state index in [1.165, 1.54) is 18.9 Å². The van der Waals surface area contributed by atoms with Crippen LogP contribution in [0.1, 0.15) is 30.1 Å². The van der Waals surface area contributed by atoms with Gasteiger partial charge in [-0.2, -0.15) is 0 Å². The van der Waals surface area contributed by atoms with E-state index in [4.69, 9.17) is 0 Å². The second-order valence-electron chi connectivity index (χ2n) is 4.51. The minimum atomic E-state index is -0.193. The molecule has 1 aromatic rings. The van der Waals surface area contributed by atoms with Gasteiger partial charge in [0.2, 0.25) is 0 Å². The zero-order valence-corrected chi connectivity index (χ0v) is 8.79. The lowest BCUT2D eigenvalue weighted by molar-refractivity contribution is 0.0943. The third kappa shape index (κ3) is 2.29. The highest BCUT2D eigenvalue weighted by atomic mass is 16.3. The van der Waals surface area contributed by atoms with Gasteiger partial charge in [-0.05, 0) is 30.4 Å². The Bertz CT molecular complexity index is 383. The van der Waals surface area contributed by atoms with Crippen molar-refractivity contribution in [1.82, 2.24) is 5.32 Å². The summed E-state index contributed by atoms with van der Waals surface area (Å²) in [5.41, 5.74) is 0.641. The molecule has 0 saturated heterocycles. The summed E-state index contributed by atoms with van der Waals surface area (Å²) in [6.07, 6.45) is 2.35. The SMILES string of the molecule is CC1(CNC(=O)c2ccccc2O)CC1. The first-order chi connectivity index (χ1) is 7.11. The number of hydrogen-bond donors (Lipinski definition) is 2. The molecule has 0 aromatic heterocycles. The van der Waals surface area contributed by atoms with Crippen LogP contribution in [0, 0.1) is 5.41 Å². The third-order valence-electron chi connectivity index (χ3n) is 2.93. The summed E-state index contributed by atoms with van der Waals surface area (Å²) in [7, 11) is 0. The third-order valence-corrected chi connectivity index (χ3v) is 2.93. The molecule has 1 amide bonds. The molecule has 0 heterocycles. The summed E-state index contributed by atoms with van der Waals surface area (Å²) in [5, 5.41) is 12.3. The van der Waals surface area contributed by atoms with Crippen LogP contribution >= 0.6 is 0 Å². The number of hydrogen-bond acceptors (Lipinski definition) is 2. The first-order valence-electron chi connectivity index (χ1n) is 5.17. The van der Waals surface area contributed by atoms with E-state index < -0.39 is 0 Å². The average Bonchev–Trinajstić information content (AvgIpc) is 2.95. The van der Waals surface area contributed by atoms with E-state index in [0.717, 1.165) is 0 Å². The Hall–Kier alpha value is -1.51. The molecule has 80 valence electrons. The summed E-state index contributed by atoms with van der Waals surface area (Å²) in [4.78, 5) is 11.7. The maximum absolute atomic E-state index is 11.7. The van der Waals surface area contributed by atoms with E-state index in [-0.39, 0.29) is 11.7 Å². The molecule has 3 nitrogen and oxygen atoms in total. The monoisotopic (exact) mass is 205 g/mol. The van der Waals surface area contributed by atoms with Crippen LogP contribution in [-0.4, -0.2) is 17.6 Å². The number of benzene rings is 1. The Morgan fingerprint density at radius 3 is 2.73 bits per heavy atom. The number of rotatable bonds is 3.